The van der Waals surface area contributed by atoms with Gasteiger partial charge in [0, 0.05) is 19.6 Å². The number of rotatable bonds is 8. The molecule has 2 aliphatic heterocycles. The van der Waals surface area contributed by atoms with Crippen molar-refractivity contribution in [2.45, 2.75) is 82.3 Å². The van der Waals surface area contributed by atoms with Crippen molar-refractivity contribution < 1.29 is 13.2 Å². The van der Waals surface area contributed by atoms with Crippen molar-refractivity contribution in [3.63, 3.8) is 0 Å². The number of hydrogen-bond donors (Lipinski definition) is 1. The van der Waals surface area contributed by atoms with Gasteiger partial charge in [0.25, 0.3) is 0 Å². The Balaban J connectivity index is 1.51. The zero-order chi connectivity index (χ0) is 29.0. The molecular formula is C34H43N3O3S. The van der Waals surface area contributed by atoms with Crippen LogP contribution in [0.4, 0.5) is 0 Å². The summed E-state index contributed by atoms with van der Waals surface area (Å²) in [6.07, 6.45) is 10.0. The summed E-state index contributed by atoms with van der Waals surface area (Å²) in [5, 5.41) is 3.37. The number of hydrogen-bond acceptors (Lipinski definition) is 4. The number of nitrogens with one attached hydrogen (secondary N) is 1. The van der Waals surface area contributed by atoms with Crippen molar-refractivity contribution in [2.75, 3.05) is 13.1 Å². The van der Waals surface area contributed by atoms with Crippen LogP contribution in [0, 0.1) is 11.8 Å². The Morgan fingerprint density at radius 3 is 2.32 bits per heavy atom. The SMILES string of the molecule is C=C=C1[C@@H](C2Cc3ccccc3C2)NC(=O)[C@@H](C(CC)CC)N1Cc1ccccc1S(=O)(=O)N1CC/C=C\CCC1. The van der Waals surface area contributed by atoms with E-state index in [2.05, 4.69) is 72.8 Å². The largest absolute Gasteiger partial charge is 0.350 e. The second kappa shape index (κ2) is 12.8. The normalized spacial score (nSPS) is 23.0. The highest BCUT2D eigenvalue weighted by molar-refractivity contribution is 7.89. The lowest BCUT2D eigenvalue weighted by Crippen LogP contribution is -2.62. The maximum atomic E-state index is 14.0. The zero-order valence-corrected chi connectivity index (χ0v) is 25.2. The number of fused-ring (bicyclic) bond motifs is 1. The molecule has 2 aromatic carbocycles. The molecule has 1 aliphatic carbocycles. The van der Waals surface area contributed by atoms with Crippen molar-refractivity contribution in [3.05, 3.63) is 95.4 Å². The third kappa shape index (κ3) is 5.94. The van der Waals surface area contributed by atoms with Crippen LogP contribution in [0.3, 0.4) is 0 Å². The molecule has 0 bridgehead atoms. The molecular weight excluding hydrogens is 530 g/mol. The van der Waals surface area contributed by atoms with Crippen LogP contribution in [0.2, 0.25) is 0 Å². The lowest BCUT2D eigenvalue weighted by Gasteiger charge is -2.46. The Kier molecular flexibility index (Phi) is 9.18. The van der Waals surface area contributed by atoms with Gasteiger partial charge in [-0.05, 0) is 66.7 Å². The Hall–Kier alpha value is -3.12. The van der Waals surface area contributed by atoms with Crippen molar-refractivity contribution in [1.82, 2.24) is 14.5 Å². The van der Waals surface area contributed by atoms with Gasteiger partial charge >= 0.3 is 0 Å². The van der Waals surface area contributed by atoms with Gasteiger partial charge in [-0.1, -0.05) is 87.9 Å². The molecule has 1 N–H and O–H groups in total. The van der Waals surface area contributed by atoms with Gasteiger partial charge in [0.15, 0.2) is 0 Å². The highest BCUT2D eigenvalue weighted by Gasteiger charge is 2.45. The predicted octanol–water partition coefficient (Wildman–Crippen LogP) is 5.61. The molecule has 0 radical (unpaired) electrons. The molecule has 0 unspecified atom stereocenters. The number of nitrogens with zero attached hydrogens (tertiary/aromatic N) is 2. The van der Waals surface area contributed by atoms with Crippen LogP contribution in [-0.2, 0) is 34.2 Å². The van der Waals surface area contributed by atoms with Crippen LogP contribution < -0.4 is 5.32 Å². The van der Waals surface area contributed by atoms with E-state index in [-0.39, 0.29) is 23.8 Å². The number of piperazine rings is 1. The van der Waals surface area contributed by atoms with Crippen molar-refractivity contribution in [1.29, 1.82) is 0 Å². The number of sulfonamides is 1. The van der Waals surface area contributed by atoms with Gasteiger partial charge in [0.05, 0.1) is 16.6 Å². The van der Waals surface area contributed by atoms with E-state index in [4.69, 9.17) is 0 Å². The van der Waals surface area contributed by atoms with E-state index in [1.165, 1.54) is 11.1 Å². The maximum Gasteiger partial charge on any atom is 0.243 e. The summed E-state index contributed by atoms with van der Waals surface area (Å²) in [4.78, 5) is 16.4. The molecule has 0 spiro atoms. The van der Waals surface area contributed by atoms with Crippen molar-refractivity contribution in [3.8, 4) is 0 Å². The molecule has 7 heteroatoms. The fourth-order valence-corrected chi connectivity index (χ4v) is 8.65. The first-order valence-electron chi connectivity index (χ1n) is 15.2. The fourth-order valence-electron chi connectivity index (χ4n) is 6.95. The highest BCUT2D eigenvalue weighted by atomic mass is 32.2. The summed E-state index contributed by atoms with van der Waals surface area (Å²) < 4.78 is 29.7. The minimum atomic E-state index is -3.71. The van der Waals surface area contributed by atoms with E-state index < -0.39 is 16.1 Å². The minimum Gasteiger partial charge on any atom is -0.350 e. The van der Waals surface area contributed by atoms with Crippen LogP contribution in [0.15, 0.2) is 83.6 Å². The van der Waals surface area contributed by atoms with Gasteiger partial charge in [0.1, 0.15) is 6.04 Å². The lowest BCUT2D eigenvalue weighted by molar-refractivity contribution is -0.132. The summed E-state index contributed by atoms with van der Waals surface area (Å²) in [5.41, 5.74) is 7.44. The summed E-state index contributed by atoms with van der Waals surface area (Å²) in [7, 11) is -3.71. The first kappa shape index (κ1) is 29.4. The van der Waals surface area contributed by atoms with Gasteiger partial charge < -0.3 is 10.2 Å². The molecule has 218 valence electrons. The van der Waals surface area contributed by atoms with Crippen molar-refractivity contribution >= 4 is 15.9 Å². The number of allylic oxidation sites excluding steroid dienone is 1. The monoisotopic (exact) mass is 573 g/mol. The zero-order valence-electron chi connectivity index (χ0n) is 24.4. The van der Waals surface area contributed by atoms with Crippen LogP contribution in [-0.4, -0.2) is 48.7 Å². The molecule has 1 amide bonds. The standard InChI is InChI=1S/C34H43N3O3S/c1-4-25(5-2)33-34(38)35-32(29-22-26-16-10-11-17-27(26)23-29)30(6-3)37(33)24-28-18-12-13-19-31(28)41(39,40)36-20-14-8-7-9-15-21-36/h7-8,10-13,16-19,25,29,32-33H,3-5,9,14-15,20-24H2,1-2H3,(H,35,38)/b8-7-/t32-,33-/m1/s1. The Morgan fingerprint density at radius 2 is 1.63 bits per heavy atom. The molecule has 2 atom stereocenters. The average Bonchev–Trinajstić information content (AvgIpc) is 3.39. The maximum absolute atomic E-state index is 14.0. The number of benzene rings is 2. The number of amides is 1. The first-order valence-corrected chi connectivity index (χ1v) is 16.6. The molecule has 3 aliphatic rings. The van der Waals surface area contributed by atoms with Crippen LogP contribution in [0.1, 0.15) is 62.6 Å². The van der Waals surface area contributed by atoms with Crippen LogP contribution >= 0.6 is 0 Å². The number of carbonyl (C=O) groups excluding carboxylic acids is 1. The predicted molar refractivity (Wildman–Crippen MR) is 164 cm³/mol. The quantitative estimate of drug-likeness (QED) is 0.329. The van der Waals surface area contributed by atoms with Crippen molar-refractivity contribution in [2.24, 2.45) is 11.8 Å². The third-order valence-electron chi connectivity index (χ3n) is 9.16. The second-order valence-electron chi connectivity index (χ2n) is 11.5. The molecule has 41 heavy (non-hydrogen) atoms. The number of carbonyl (C=O) groups is 1. The van der Waals surface area contributed by atoms with Crippen LogP contribution in [0.5, 0.6) is 0 Å². The first-order chi connectivity index (χ1) is 19.9. The molecule has 6 nitrogen and oxygen atoms in total. The van der Waals surface area contributed by atoms with Gasteiger partial charge in [-0.3, -0.25) is 4.79 Å². The fraction of sp³-hybridized carbons (Fsp3) is 0.471. The molecule has 0 saturated carbocycles. The lowest BCUT2D eigenvalue weighted by atomic mass is 9.84. The topological polar surface area (TPSA) is 69.7 Å². The Morgan fingerprint density at radius 1 is 0.976 bits per heavy atom. The summed E-state index contributed by atoms with van der Waals surface area (Å²) in [6.45, 7) is 9.61. The summed E-state index contributed by atoms with van der Waals surface area (Å²) in [5.74, 6) is 0.318. The molecule has 1 fully saturated rings. The summed E-state index contributed by atoms with van der Waals surface area (Å²) in [6, 6.07) is 15.1. The smallest absolute Gasteiger partial charge is 0.243 e. The molecule has 5 rings (SSSR count). The Bertz CT molecular complexity index is 1410. The van der Waals surface area contributed by atoms with E-state index >= 15 is 0 Å². The molecule has 0 aromatic heterocycles. The van der Waals surface area contributed by atoms with Crippen LogP contribution in [0.25, 0.3) is 0 Å². The highest BCUT2D eigenvalue weighted by Crippen LogP contribution is 2.37. The molecule has 2 heterocycles. The van der Waals surface area contributed by atoms with E-state index in [1.54, 1.807) is 16.4 Å². The summed E-state index contributed by atoms with van der Waals surface area (Å²) >= 11 is 0. The van der Waals surface area contributed by atoms with Gasteiger partial charge in [-0.2, -0.15) is 4.31 Å². The molecule has 2 aromatic rings. The Labute approximate surface area is 245 Å². The van der Waals surface area contributed by atoms with E-state index in [0.717, 1.165) is 44.2 Å². The minimum absolute atomic E-state index is 0.00884. The van der Waals surface area contributed by atoms with E-state index in [9.17, 15) is 13.2 Å². The van der Waals surface area contributed by atoms with E-state index in [0.29, 0.717) is 36.5 Å². The average molecular weight is 574 g/mol. The third-order valence-corrected chi connectivity index (χ3v) is 11.2. The second-order valence-corrected chi connectivity index (χ2v) is 13.5. The van der Waals surface area contributed by atoms with Gasteiger partial charge in [-0.25, -0.2) is 8.42 Å². The van der Waals surface area contributed by atoms with Gasteiger partial charge in [-0.15, -0.1) is 5.73 Å². The van der Waals surface area contributed by atoms with E-state index in [1.807, 2.05) is 12.1 Å². The molecule has 1 saturated heterocycles. The van der Waals surface area contributed by atoms with Gasteiger partial charge in [0.2, 0.25) is 15.9 Å².